The minimum Gasteiger partial charge on any atom is -0.325 e. The number of carbonyl (C=O) groups is 2. The van der Waals surface area contributed by atoms with Crippen molar-refractivity contribution in [3.8, 4) is 10.4 Å². The number of nitrogens with one attached hydrogen (secondary N) is 2. The fraction of sp³-hybridized carbons (Fsp3) is 0.0909. The Bertz CT molecular complexity index is 1060. The molecule has 0 saturated carbocycles. The predicted octanol–water partition coefficient (Wildman–Crippen LogP) is 5.47. The highest BCUT2D eigenvalue weighted by Gasteiger charge is 2.08. The molecular formula is C22H19FN2O2S. The summed E-state index contributed by atoms with van der Waals surface area (Å²) >= 11 is 1.40. The number of hydrogen-bond acceptors (Lipinski definition) is 3. The first kappa shape index (κ1) is 19.5. The van der Waals surface area contributed by atoms with Crippen LogP contribution in [0.2, 0.25) is 0 Å². The van der Waals surface area contributed by atoms with Gasteiger partial charge in [-0.2, -0.15) is 0 Å². The van der Waals surface area contributed by atoms with Crippen molar-refractivity contribution in [2.45, 2.75) is 13.8 Å². The Morgan fingerprint density at radius 2 is 1.79 bits per heavy atom. The Kier molecular flexibility index (Phi) is 6.01. The van der Waals surface area contributed by atoms with Crippen molar-refractivity contribution in [2.24, 2.45) is 0 Å². The molecule has 1 heterocycles. The van der Waals surface area contributed by atoms with Crippen LogP contribution in [0.15, 0.2) is 60.7 Å². The number of benzene rings is 2. The van der Waals surface area contributed by atoms with Crippen molar-refractivity contribution in [2.75, 3.05) is 10.6 Å². The molecule has 0 saturated heterocycles. The van der Waals surface area contributed by atoms with E-state index in [4.69, 9.17) is 0 Å². The van der Waals surface area contributed by atoms with Crippen LogP contribution in [-0.4, -0.2) is 11.8 Å². The lowest BCUT2D eigenvalue weighted by atomic mass is 10.2. The number of anilines is 2. The van der Waals surface area contributed by atoms with Gasteiger partial charge < -0.3 is 10.6 Å². The highest BCUT2D eigenvalue weighted by Crippen LogP contribution is 2.30. The van der Waals surface area contributed by atoms with E-state index in [1.807, 2.05) is 25.1 Å². The zero-order valence-corrected chi connectivity index (χ0v) is 16.3. The third-order valence-corrected chi connectivity index (χ3v) is 4.99. The number of carbonyl (C=O) groups excluding carboxylic acids is 2. The van der Waals surface area contributed by atoms with Crippen molar-refractivity contribution < 1.29 is 14.0 Å². The van der Waals surface area contributed by atoms with Gasteiger partial charge in [-0.15, -0.1) is 11.3 Å². The molecule has 3 rings (SSSR count). The number of halogens is 1. The number of amides is 2. The third kappa shape index (κ3) is 4.92. The van der Waals surface area contributed by atoms with Gasteiger partial charge in [0.25, 0.3) is 0 Å². The fourth-order valence-electron chi connectivity index (χ4n) is 2.64. The molecule has 0 bridgehead atoms. The second-order valence-corrected chi connectivity index (χ2v) is 7.35. The molecule has 1 aromatic heterocycles. The van der Waals surface area contributed by atoms with E-state index in [1.54, 1.807) is 36.4 Å². The summed E-state index contributed by atoms with van der Waals surface area (Å²) < 4.78 is 13.9. The lowest BCUT2D eigenvalue weighted by Gasteiger charge is -2.11. The number of hydrogen-bond donors (Lipinski definition) is 2. The maximum atomic E-state index is 13.9. The van der Waals surface area contributed by atoms with Crippen LogP contribution in [-0.2, 0) is 9.59 Å². The first-order valence-electron chi connectivity index (χ1n) is 8.64. The lowest BCUT2D eigenvalue weighted by Crippen LogP contribution is -2.13. The van der Waals surface area contributed by atoms with Gasteiger partial charge in [0.2, 0.25) is 11.8 Å². The van der Waals surface area contributed by atoms with Crippen LogP contribution in [0.25, 0.3) is 16.5 Å². The van der Waals surface area contributed by atoms with Crippen molar-refractivity contribution in [1.29, 1.82) is 0 Å². The zero-order valence-electron chi connectivity index (χ0n) is 15.5. The predicted molar refractivity (Wildman–Crippen MR) is 113 cm³/mol. The van der Waals surface area contributed by atoms with Gasteiger partial charge >= 0.3 is 0 Å². The Morgan fingerprint density at radius 1 is 1.00 bits per heavy atom. The largest absolute Gasteiger partial charge is 0.325 e. The molecule has 142 valence electrons. The molecule has 0 aliphatic carbocycles. The molecule has 2 amide bonds. The highest BCUT2D eigenvalue weighted by atomic mass is 32.1. The van der Waals surface area contributed by atoms with E-state index in [9.17, 15) is 14.0 Å². The molecule has 2 aromatic carbocycles. The molecule has 0 spiro atoms. The summed E-state index contributed by atoms with van der Waals surface area (Å²) in [5.41, 5.74) is 2.57. The van der Waals surface area contributed by atoms with Gasteiger partial charge in [0, 0.05) is 28.3 Å². The fourth-order valence-corrected chi connectivity index (χ4v) is 3.58. The molecule has 3 aromatic rings. The van der Waals surface area contributed by atoms with Crippen molar-refractivity contribution in [1.82, 2.24) is 0 Å². The zero-order chi connectivity index (χ0) is 20.1. The summed E-state index contributed by atoms with van der Waals surface area (Å²) in [6.07, 6.45) is 3.09. The molecule has 4 nitrogen and oxygen atoms in total. The molecule has 2 N–H and O–H groups in total. The summed E-state index contributed by atoms with van der Waals surface area (Å²) in [5.74, 6) is -0.810. The minimum atomic E-state index is -0.321. The number of aryl methyl sites for hydroxylation is 1. The first-order chi connectivity index (χ1) is 13.4. The average Bonchev–Trinajstić information content (AvgIpc) is 3.11. The summed E-state index contributed by atoms with van der Waals surface area (Å²) in [7, 11) is 0. The third-order valence-electron chi connectivity index (χ3n) is 3.91. The molecule has 0 aliphatic rings. The normalized spacial score (nSPS) is 10.8. The highest BCUT2D eigenvalue weighted by molar-refractivity contribution is 7.16. The van der Waals surface area contributed by atoms with E-state index < -0.39 is 0 Å². The van der Waals surface area contributed by atoms with E-state index >= 15 is 0 Å². The molecular weight excluding hydrogens is 375 g/mol. The van der Waals surface area contributed by atoms with Gasteiger partial charge in [0.1, 0.15) is 5.82 Å². The van der Waals surface area contributed by atoms with Crippen LogP contribution < -0.4 is 10.6 Å². The van der Waals surface area contributed by atoms with Gasteiger partial charge in [-0.1, -0.05) is 24.3 Å². The van der Waals surface area contributed by atoms with Crippen LogP contribution in [0.3, 0.4) is 0 Å². The second kappa shape index (κ2) is 8.63. The van der Waals surface area contributed by atoms with Gasteiger partial charge in [0.15, 0.2) is 0 Å². The van der Waals surface area contributed by atoms with E-state index in [-0.39, 0.29) is 17.6 Å². The van der Waals surface area contributed by atoms with Crippen LogP contribution in [0, 0.1) is 12.7 Å². The van der Waals surface area contributed by atoms with Crippen molar-refractivity contribution >= 4 is 40.6 Å². The molecule has 0 atom stereocenters. The Labute approximate surface area is 166 Å². The molecule has 28 heavy (non-hydrogen) atoms. The van der Waals surface area contributed by atoms with Gasteiger partial charge in [-0.05, 0) is 48.9 Å². The van der Waals surface area contributed by atoms with Gasteiger partial charge in [-0.3, -0.25) is 9.59 Å². The Morgan fingerprint density at radius 3 is 2.54 bits per heavy atom. The quantitative estimate of drug-likeness (QED) is 0.564. The number of thiophene rings is 1. The SMILES string of the molecule is CC(=O)Nc1ccc(C)cc1NC(=O)/C=C/c1ccc(-c2ccccc2F)s1. The van der Waals surface area contributed by atoms with E-state index in [0.717, 1.165) is 15.3 Å². The second-order valence-electron chi connectivity index (χ2n) is 6.23. The maximum absolute atomic E-state index is 13.9. The van der Waals surface area contributed by atoms with Crippen LogP contribution in [0.1, 0.15) is 17.4 Å². The Hall–Kier alpha value is -3.25. The topological polar surface area (TPSA) is 58.2 Å². The smallest absolute Gasteiger partial charge is 0.248 e. The summed E-state index contributed by atoms with van der Waals surface area (Å²) in [6.45, 7) is 3.31. The summed E-state index contributed by atoms with van der Waals surface area (Å²) in [5, 5.41) is 5.47. The molecule has 6 heteroatoms. The van der Waals surface area contributed by atoms with Crippen molar-refractivity contribution in [3.05, 3.63) is 76.9 Å². The van der Waals surface area contributed by atoms with E-state index in [0.29, 0.717) is 16.9 Å². The maximum Gasteiger partial charge on any atom is 0.248 e. The monoisotopic (exact) mass is 394 g/mol. The molecule has 0 aliphatic heterocycles. The van der Waals surface area contributed by atoms with E-state index in [1.165, 1.54) is 30.4 Å². The van der Waals surface area contributed by atoms with Crippen LogP contribution in [0.4, 0.5) is 15.8 Å². The van der Waals surface area contributed by atoms with Gasteiger partial charge in [0.05, 0.1) is 11.4 Å². The molecule has 0 unspecified atom stereocenters. The summed E-state index contributed by atoms with van der Waals surface area (Å²) in [4.78, 5) is 25.3. The molecule has 0 fully saturated rings. The lowest BCUT2D eigenvalue weighted by molar-refractivity contribution is -0.114. The number of rotatable bonds is 5. The summed E-state index contributed by atoms with van der Waals surface area (Å²) in [6, 6.07) is 15.6. The van der Waals surface area contributed by atoms with Crippen molar-refractivity contribution in [3.63, 3.8) is 0 Å². The standard InChI is InChI=1S/C22H19FN2O2S/c1-14-7-10-19(24-15(2)26)20(13-14)25-22(27)12-9-16-8-11-21(28-16)17-5-3-4-6-18(17)23/h3-13H,1-2H3,(H,24,26)(H,25,27)/b12-9+. The van der Waals surface area contributed by atoms with Crippen LogP contribution in [0.5, 0.6) is 0 Å². The first-order valence-corrected chi connectivity index (χ1v) is 9.46. The van der Waals surface area contributed by atoms with E-state index in [2.05, 4.69) is 10.6 Å². The van der Waals surface area contributed by atoms with Gasteiger partial charge in [-0.25, -0.2) is 4.39 Å². The molecule has 0 radical (unpaired) electrons. The minimum absolute atomic E-state index is 0.214. The van der Waals surface area contributed by atoms with Crippen LogP contribution >= 0.6 is 11.3 Å². The average molecular weight is 394 g/mol. The Balaban J connectivity index is 1.72.